The van der Waals surface area contributed by atoms with Crippen molar-refractivity contribution in [1.82, 2.24) is 14.8 Å². The Morgan fingerprint density at radius 1 is 1.16 bits per heavy atom. The summed E-state index contributed by atoms with van der Waals surface area (Å²) in [5.74, 6) is 0.0848. The second kappa shape index (κ2) is 10.1. The molecule has 37 heavy (non-hydrogen) atoms. The van der Waals surface area contributed by atoms with Crippen molar-refractivity contribution < 1.29 is 4.79 Å². The van der Waals surface area contributed by atoms with Crippen LogP contribution < -0.4 is 10.9 Å². The van der Waals surface area contributed by atoms with Crippen LogP contribution in [0.3, 0.4) is 0 Å². The molecule has 5 heterocycles. The van der Waals surface area contributed by atoms with Crippen molar-refractivity contribution in [3.8, 4) is 0 Å². The van der Waals surface area contributed by atoms with Gasteiger partial charge in [0.25, 0.3) is 11.5 Å². The quantitative estimate of drug-likeness (QED) is 0.431. The van der Waals surface area contributed by atoms with Gasteiger partial charge in [-0.25, -0.2) is 0 Å². The maximum absolute atomic E-state index is 13.1. The van der Waals surface area contributed by atoms with Gasteiger partial charge < -0.3 is 20.1 Å². The van der Waals surface area contributed by atoms with Gasteiger partial charge in [0.2, 0.25) is 0 Å². The van der Waals surface area contributed by atoms with Gasteiger partial charge in [0.05, 0.1) is 27.7 Å². The number of thiophene rings is 1. The number of hydrogen-bond acceptors (Lipinski definition) is 6. The molecule has 192 valence electrons. The van der Waals surface area contributed by atoms with E-state index in [1.54, 1.807) is 17.5 Å². The fourth-order valence-electron chi connectivity index (χ4n) is 5.62. The fraction of sp³-hybridized carbons (Fsp3) is 0.393. The number of aromatic nitrogens is 1. The summed E-state index contributed by atoms with van der Waals surface area (Å²) < 4.78 is 0. The number of nitrogens with zero attached hydrogens (tertiary/aromatic N) is 3. The number of aromatic amines is 1. The van der Waals surface area contributed by atoms with Crippen LogP contribution in [0.25, 0.3) is 0 Å². The topological polar surface area (TPSA) is 80.8 Å². The number of halogens is 1. The van der Waals surface area contributed by atoms with E-state index in [-0.39, 0.29) is 17.5 Å². The lowest BCUT2D eigenvalue weighted by Gasteiger charge is -2.20. The first-order chi connectivity index (χ1) is 18.0. The number of likely N-dealkylation sites (tertiary alicyclic amines) is 1. The van der Waals surface area contributed by atoms with Crippen LogP contribution in [0.5, 0.6) is 0 Å². The Hall–Kier alpha value is -2.94. The molecule has 0 aliphatic carbocycles. The summed E-state index contributed by atoms with van der Waals surface area (Å²) in [6, 6.07) is 7.90. The van der Waals surface area contributed by atoms with Crippen LogP contribution in [0.15, 0.2) is 45.6 Å². The van der Waals surface area contributed by atoms with Gasteiger partial charge in [-0.1, -0.05) is 17.7 Å². The predicted octanol–water partition coefficient (Wildman–Crippen LogP) is 4.86. The van der Waals surface area contributed by atoms with E-state index in [4.69, 9.17) is 16.6 Å². The molecule has 9 heteroatoms. The Labute approximate surface area is 225 Å². The number of H-pyrrole nitrogens is 1. The highest BCUT2D eigenvalue weighted by atomic mass is 35.5. The number of anilines is 1. The highest BCUT2D eigenvalue weighted by molar-refractivity contribution is 7.10. The predicted molar refractivity (Wildman–Crippen MR) is 150 cm³/mol. The van der Waals surface area contributed by atoms with Crippen LogP contribution in [0.2, 0.25) is 5.02 Å². The zero-order valence-electron chi connectivity index (χ0n) is 20.8. The summed E-state index contributed by atoms with van der Waals surface area (Å²) >= 11 is 7.92. The zero-order valence-corrected chi connectivity index (χ0v) is 22.4. The van der Waals surface area contributed by atoms with Gasteiger partial charge in [0.1, 0.15) is 0 Å². The monoisotopic (exact) mass is 535 g/mol. The van der Waals surface area contributed by atoms with E-state index in [0.29, 0.717) is 18.5 Å². The molecule has 2 aromatic heterocycles. The van der Waals surface area contributed by atoms with Gasteiger partial charge in [-0.3, -0.25) is 14.6 Å². The Bertz CT molecular complexity index is 1440. The minimum atomic E-state index is -0.172. The van der Waals surface area contributed by atoms with Crippen LogP contribution in [-0.4, -0.2) is 58.6 Å². The molecule has 0 radical (unpaired) electrons. The molecule has 6 rings (SSSR count). The average molecular weight is 536 g/mol. The van der Waals surface area contributed by atoms with Crippen LogP contribution in [0.1, 0.15) is 51.7 Å². The molecule has 0 spiro atoms. The summed E-state index contributed by atoms with van der Waals surface area (Å²) in [5, 5.41) is 6.26. The summed E-state index contributed by atoms with van der Waals surface area (Å²) in [4.78, 5) is 39.2. The third-order valence-corrected chi connectivity index (χ3v) is 8.92. The maximum atomic E-state index is 13.1. The minimum Gasteiger partial charge on any atom is -0.381 e. The highest BCUT2D eigenvalue weighted by Gasteiger charge is 2.31. The van der Waals surface area contributed by atoms with Crippen LogP contribution in [0, 0.1) is 0 Å². The Morgan fingerprint density at radius 2 is 2.00 bits per heavy atom. The lowest BCUT2D eigenvalue weighted by atomic mass is 10.00. The minimum absolute atomic E-state index is 0.0778. The van der Waals surface area contributed by atoms with E-state index < -0.39 is 0 Å². The molecule has 3 aliphatic rings. The van der Waals surface area contributed by atoms with Crippen molar-refractivity contribution in [2.75, 3.05) is 31.5 Å². The van der Waals surface area contributed by atoms with Gasteiger partial charge in [-0.05, 0) is 67.6 Å². The van der Waals surface area contributed by atoms with Crippen molar-refractivity contribution in [2.24, 2.45) is 4.99 Å². The van der Waals surface area contributed by atoms with E-state index in [2.05, 4.69) is 28.2 Å². The van der Waals surface area contributed by atoms with Crippen molar-refractivity contribution in [1.29, 1.82) is 0 Å². The third-order valence-electron chi connectivity index (χ3n) is 7.52. The maximum Gasteiger partial charge on any atom is 0.259 e. The molecule has 3 aromatic rings. The number of fused-ring (bicyclic) bond motifs is 2. The van der Waals surface area contributed by atoms with Crippen LogP contribution >= 0.6 is 22.9 Å². The largest absolute Gasteiger partial charge is 0.381 e. The van der Waals surface area contributed by atoms with Crippen molar-refractivity contribution in [3.63, 3.8) is 0 Å². The second-order valence-corrected chi connectivity index (χ2v) is 11.6. The van der Waals surface area contributed by atoms with Crippen LogP contribution in [0.4, 0.5) is 11.4 Å². The SMILES string of the molecule is C[C@@H](Cc1sccc1Cl)Nc1cc[nH]c(=O)c1C1=Nc2cc3c(cc2C1)CN(CCN1CCCC1)C3=O. The van der Waals surface area contributed by atoms with Gasteiger partial charge in [-0.15, -0.1) is 11.3 Å². The number of hydrogen-bond donors (Lipinski definition) is 2. The van der Waals surface area contributed by atoms with Gasteiger partial charge in [-0.2, -0.15) is 0 Å². The first kappa shape index (κ1) is 24.4. The smallest absolute Gasteiger partial charge is 0.259 e. The summed E-state index contributed by atoms with van der Waals surface area (Å²) in [6.45, 7) is 6.69. The van der Waals surface area contributed by atoms with E-state index in [0.717, 1.165) is 76.3 Å². The lowest BCUT2D eigenvalue weighted by Crippen LogP contribution is -2.33. The average Bonchev–Trinajstić information content (AvgIpc) is 3.66. The fourth-order valence-corrected chi connectivity index (χ4v) is 6.86. The van der Waals surface area contributed by atoms with Crippen LogP contribution in [-0.2, 0) is 19.4 Å². The molecule has 0 saturated carbocycles. The molecule has 2 N–H and O–H groups in total. The molecule has 0 bridgehead atoms. The summed E-state index contributed by atoms with van der Waals surface area (Å²) in [6.07, 6.45) is 5.50. The number of nitrogens with one attached hydrogen (secondary N) is 2. The summed E-state index contributed by atoms with van der Waals surface area (Å²) in [7, 11) is 0. The van der Waals surface area contributed by atoms with E-state index in [9.17, 15) is 9.59 Å². The van der Waals surface area contributed by atoms with Gasteiger partial charge >= 0.3 is 0 Å². The highest BCUT2D eigenvalue weighted by Crippen LogP contribution is 2.36. The Balaban J connectivity index is 1.20. The molecule has 1 atom stereocenters. The molecule has 3 aliphatic heterocycles. The third kappa shape index (κ3) is 4.85. The number of aliphatic imine (C=N–C) groups is 1. The number of carbonyl (C=O) groups excluding carboxylic acids is 1. The Kier molecular flexibility index (Phi) is 6.65. The molecule has 1 amide bonds. The van der Waals surface area contributed by atoms with E-state index in [1.807, 2.05) is 28.5 Å². The number of rotatable bonds is 8. The molecular formula is C28H30ClN5O2S. The van der Waals surface area contributed by atoms with Gasteiger partial charge in [0, 0.05) is 55.2 Å². The second-order valence-electron chi connectivity index (χ2n) is 10.2. The van der Waals surface area contributed by atoms with Crippen molar-refractivity contribution in [2.45, 2.75) is 45.2 Å². The van der Waals surface area contributed by atoms with E-state index >= 15 is 0 Å². The molecule has 1 saturated heterocycles. The normalized spacial score (nSPS) is 17.7. The molecule has 0 unspecified atom stereocenters. The zero-order chi connectivity index (χ0) is 25.5. The van der Waals surface area contributed by atoms with Gasteiger partial charge in [0.15, 0.2) is 0 Å². The standard InChI is InChI=1S/C28H30ClN5O2S/c1-17(12-25-21(29)5-11-37-25)31-22-4-6-30-27(35)26(22)24-14-18-13-19-16-34(10-9-33-7-2-3-8-33)28(36)20(19)15-23(18)32-24/h4-6,11,13,15,17H,2-3,7-10,12,14,16H2,1H3,(H2,30,31,35)/t17-/m0/s1. The van der Waals surface area contributed by atoms with Crippen molar-refractivity contribution >= 4 is 45.9 Å². The molecular weight excluding hydrogens is 506 g/mol. The summed E-state index contributed by atoms with van der Waals surface area (Å²) in [5.41, 5.74) is 5.52. The molecule has 1 fully saturated rings. The number of amides is 1. The number of benzene rings is 1. The lowest BCUT2D eigenvalue weighted by molar-refractivity contribution is 0.0763. The van der Waals surface area contributed by atoms with E-state index in [1.165, 1.54) is 12.8 Å². The molecule has 1 aromatic carbocycles. The first-order valence-electron chi connectivity index (χ1n) is 12.9. The molecule has 7 nitrogen and oxygen atoms in total. The Morgan fingerprint density at radius 3 is 2.78 bits per heavy atom. The number of carbonyl (C=O) groups is 1. The first-order valence-corrected chi connectivity index (χ1v) is 14.2. The number of pyridine rings is 1. The van der Waals surface area contributed by atoms with Crippen molar-refractivity contribution in [3.05, 3.63) is 78.3 Å².